The number of carboxylic acid groups (broad SMARTS) is 1. The second-order valence-corrected chi connectivity index (χ2v) is 4.68. The van der Waals surface area contributed by atoms with Crippen molar-refractivity contribution in [1.29, 1.82) is 0 Å². The molecule has 0 amide bonds. The van der Waals surface area contributed by atoms with E-state index >= 15 is 0 Å². The highest BCUT2D eigenvalue weighted by atomic mass is 32.2. The largest absolute Gasteiger partial charge is 0.480 e. The number of benzene rings is 1. The number of carboxylic acids is 1. The number of hydrogen-bond donors (Lipinski definition) is 2. The number of aliphatic carboxylic acids is 1. The molecule has 0 saturated carbocycles. The molecule has 0 unspecified atom stereocenters. The van der Waals surface area contributed by atoms with Gasteiger partial charge in [0.1, 0.15) is 6.04 Å². The normalized spacial score (nSPS) is 14.5. The maximum absolute atomic E-state index is 11.5. The molecule has 0 bridgehead atoms. The number of carbonyl (C=O) groups is 1. The lowest BCUT2D eigenvalue weighted by atomic mass is 10.2. The van der Waals surface area contributed by atoms with Gasteiger partial charge >= 0.3 is 5.97 Å². The maximum Gasteiger partial charge on any atom is 0.321 e. The van der Waals surface area contributed by atoms with Crippen molar-refractivity contribution in [1.82, 2.24) is 0 Å². The Kier molecular flexibility index (Phi) is 4.45. The van der Waals surface area contributed by atoms with Crippen LogP contribution in [0.5, 0.6) is 0 Å². The molecule has 0 aromatic heterocycles. The fraction of sp³-hybridized carbons (Fsp3) is 0.300. The van der Waals surface area contributed by atoms with Crippen molar-refractivity contribution in [3.63, 3.8) is 0 Å². The van der Waals surface area contributed by atoms with Crippen LogP contribution in [0.15, 0.2) is 30.3 Å². The van der Waals surface area contributed by atoms with Crippen molar-refractivity contribution >= 4 is 16.8 Å². The molecule has 82 valence electrons. The van der Waals surface area contributed by atoms with Gasteiger partial charge in [-0.15, -0.1) is 0 Å². The van der Waals surface area contributed by atoms with Crippen LogP contribution in [0, 0.1) is 0 Å². The summed E-state index contributed by atoms with van der Waals surface area (Å²) >= 11 is 0. The molecule has 0 aliphatic heterocycles. The Labute approximate surface area is 90.6 Å². The molecule has 1 aromatic rings. The van der Waals surface area contributed by atoms with Gasteiger partial charge in [0, 0.05) is 22.3 Å². The monoisotopic (exact) mass is 227 g/mol. The van der Waals surface area contributed by atoms with Gasteiger partial charge in [0.15, 0.2) is 0 Å². The van der Waals surface area contributed by atoms with Crippen LogP contribution in [-0.4, -0.2) is 27.1 Å². The summed E-state index contributed by atoms with van der Waals surface area (Å²) in [6, 6.07) is 8.23. The summed E-state index contributed by atoms with van der Waals surface area (Å²) in [5.41, 5.74) is 6.20. The van der Waals surface area contributed by atoms with Gasteiger partial charge in [0.05, 0.1) is 0 Å². The van der Waals surface area contributed by atoms with E-state index in [0.29, 0.717) is 5.75 Å². The molecule has 1 rings (SSSR count). The first-order valence-electron chi connectivity index (χ1n) is 4.47. The van der Waals surface area contributed by atoms with Crippen LogP contribution in [-0.2, 0) is 21.3 Å². The Balaban J connectivity index is 2.47. The zero-order valence-electron chi connectivity index (χ0n) is 8.13. The van der Waals surface area contributed by atoms with Crippen molar-refractivity contribution in [3.8, 4) is 0 Å². The SMILES string of the molecule is N[C@@H](C[S@@](=O)Cc1ccccc1)C(=O)O. The van der Waals surface area contributed by atoms with Crippen LogP contribution in [0.2, 0.25) is 0 Å². The van der Waals surface area contributed by atoms with Gasteiger partial charge in [-0.3, -0.25) is 9.00 Å². The topological polar surface area (TPSA) is 80.4 Å². The molecule has 0 saturated heterocycles. The molecule has 0 heterocycles. The van der Waals surface area contributed by atoms with Crippen molar-refractivity contribution in [2.45, 2.75) is 11.8 Å². The second-order valence-electron chi connectivity index (χ2n) is 3.18. The van der Waals surface area contributed by atoms with E-state index in [1.54, 1.807) is 0 Å². The van der Waals surface area contributed by atoms with Crippen LogP contribution in [0.1, 0.15) is 5.56 Å². The molecule has 1 aromatic carbocycles. The van der Waals surface area contributed by atoms with Crippen molar-refractivity contribution in [2.24, 2.45) is 5.73 Å². The van der Waals surface area contributed by atoms with E-state index in [-0.39, 0.29) is 5.75 Å². The second kappa shape index (κ2) is 5.63. The van der Waals surface area contributed by atoms with E-state index in [1.165, 1.54) is 0 Å². The van der Waals surface area contributed by atoms with E-state index < -0.39 is 22.8 Å². The molecular weight excluding hydrogens is 214 g/mol. The highest BCUT2D eigenvalue weighted by Gasteiger charge is 2.15. The third kappa shape index (κ3) is 4.22. The fourth-order valence-corrected chi connectivity index (χ4v) is 2.32. The summed E-state index contributed by atoms with van der Waals surface area (Å²) in [6.45, 7) is 0. The molecule has 2 atom stereocenters. The van der Waals surface area contributed by atoms with Gasteiger partial charge in [-0.05, 0) is 5.56 Å². The van der Waals surface area contributed by atoms with Crippen LogP contribution >= 0.6 is 0 Å². The number of rotatable bonds is 5. The molecule has 0 aliphatic carbocycles. The van der Waals surface area contributed by atoms with E-state index in [2.05, 4.69) is 0 Å². The van der Waals surface area contributed by atoms with Crippen LogP contribution in [0.3, 0.4) is 0 Å². The predicted octanol–water partition coefficient (Wildman–Crippen LogP) is 0.347. The van der Waals surface area contributed by atoms with Gasteiger partial charge in [-0.1, -0.05) is 30.3 Å². The van der Waals surface area contributed by atoms with Crippen molar-refractivity contribution in [3.05, 3.63) is 35.9 Å². The molecule has 0 spiro atoms. The number of hydrogen-bond acceptors (Lipinski definition) is 3. The predicted molar refractivity (Wildman–Crippen MR) is 58.8 cm³/mol. The Bertz CT molecular complexity index is 353. The lowest BCUT2D eigenvalue weighted by molar-refractivity contribution is -0.137. The molecule has 15 heavy (non-hydrogen) atoms. The Morgan fingerprint density at radius 3 is 2.53 bits per heavy atom. The Morgan fingerprint density at radius 1 is 1.40 bits per heavy atom. The first-order chi connectivity index (χ1) is 7.09. The zero-order chi connectivity index (χ0) is 11.3. The lowest BCUT2D eigenvalue weighted by Gasteiger charge is -2.06. The summed E-state index contributed by atoms with van der Waals surface area (Å²) in [5.74, 6) is -0.775. The molecular formula is C10H13NO3S. The minimum atomic E-state index is -1.23. The fourth-order valence-electron chi connectivity index (χ4n) is 1.09. The summed E-state index contributed by atoms with van der Waals surface area (Å²) in [7, 11) is -1.23. The summed E-state index contributed by atoms with van der Waals surface area (Å²) < 4.78 is 11.5. The van der Waals surface area contributed by atoms with Crippen LogP contribution in [0.4, 0.5) is 0 Å². The summed E-state index contributed by atoms with van der Waals surface area (Å²) in [5, 5.41) is 8.54. The van der Waals surface area contributed by atoms with Gasteiger partial charge < -0.3 is 10.8 Å². The van der Waals surface area contributed by atoms with Crippen LogP contribution < -0.4 is 5.73 Å². The highest BCUT2D eigenvalue weighted by Crippen LogP contribution is 2.03. The molecule has 0 fully saturated rings. The van der Waals surface area contributed by atoms with Crippen molar-refractivity contribution in [2.75, 3.05) is 5.75 Å². The molecule has 3 N–H and O–H groups in total. The summed E-state index contributed by atoms with van der Waals surface area (Å²) in [6.07, 6.45) is 0. The van der Waals surface area contributed by atoms with E-state index in [1.807, 2.05) is 30.3 Å². The van der Waals surface area contributed by atoms with Gasteiger partial charge in [0.25, 0.3) is 0 Å². The van der Waals surface area contributed by atoms with Gasteiger partial charge in [0.2, 0.25) is 0 Å². The quantitative estimate of drug-likeness (QED) is 0.760. The van der Waals surface area contributed by atoms with E-state index in [4.69, 9.17) is 10.8 Å². The molecule has 0 aliphatic rings. The average molecular weight is 227 g/mol. The maximum atomic E-state index is 11.5. The molecule has 0 radical (unpaired) electrons. The van der Waals surface area contributed by atoms with E-state index in [9.17, 15) is 9.00 Å². The number of nitrogens with two attached hydrogens (primary N) is 1. The Hall–Kier alpha value is -1.20. The average Bonchev–Trinajstić information content (AvgIpc) is 2.18. The minimum absolute atomic E-state index is 0.00969. The minimum Gasteiger partial charge on any atom is -0.480 e. The van der Waals surface area contributed by atoms with E-state index in [0.717, 1.165) is 5.56 Å². The third-order valence-corrected chi connectivity index (χ3v) is 3.24. The molecule has 5 heteroatoms. The first-order valence-corrected chi connectivity index (χ1v) is 5.95. The van der Waals surface area contributed by atoms with Gasteiger partial charge in [-0.25, -0.2) is 0 Å². The Morgan fingerprint density at radius 2 is 2.00 bits per heavy atom. The van der Waals surface area contributed by atoms with Crippen LogP contribution in [0.25, 0.3) is 0 Å². The lowest BCUT2D eigenvalue weighted by Crippen LogP contribution is -2.35. The van der Waals surface area contributed by atoms with Gasteiger partial charge in [-0.2, -0.15) is 0 Å². The third-order valence-electron chi connectivity index (χ3n) is 1.85. The highest BCUT2D eigenvalue weighted by molar-refractivity contribution is 7.84. The van der Waals surface area contributed by atoms with Crippen molar-refractivity contribution < 1.29 is 14.1 Å². The zero-order valence-corrected chi connectivity index (χ0v) is 8.94. The molecule has 4 nitrogen and oxygen atoms in total. The first kappa shape index (κ1) is 11.9. The summed E-state index contributed by atoms with van der Waals surface area (Å²) in [4.78, 5) is 10.4. The smallest absolute Gasteiger partial charge is 0.321 e. The standard InChI is InChI=1S/C10H13NO3S/c11-9(10(12)13)7-15(14)6-8-4-2-1-3-5-8/h1-5,9H,6-7,11H2,(H,12,13)/t9-,15-/m0/s1.